The summed E-state index contributed by atoms with van der Waals surface area (Å²) in [6.45, 7) is 0.653. The molecule has 17 heavy (non-hydrogen) atoms. The van der Waals surface area contributed by atoms with E-state index in [1.165, 1.54) is 6.07 Å². The van der Waals surface area contributed by atoms with Crippen LogP contribution in [0.15, 0.2) is 22.7 Å². The number of carbonyl (C=O) groups excluding carboxylic acids is 1. The van der Waals surface area contributed by atoms with Gasteiger partial charge in [-0.2, -0.15) is 0 Å². The lowest BCUT2D eigenvalue weighted by atomic mass is 10.2. The van der Waals surface area contributed by atoms with Crippen molar-refractivity contribution in [2.24, 2.45) is 0 Å². The van der Waals surface area contributed by atoms with Crippen LogP contribution in [0, 0.1) is 5.82 Å². The van der Waals surface area contributed by atoms with Crippen LogP contribution in [-0.2, 0) is 4.79 Å². The fraction of sp³-hybridized carbons (Fsp3) is 0.417. The molecule has 3 nitrogen and oxygen atoms in total. The van der Waals surface area contributed by atoms with Crippen LogP contribution in [-0.4, -0.2) is 31.4 Å². The fourth-order valence-corrected chi connectivity index (χ4v) is 1.55. The van der Waals surface area contributed by atoms with Gasteiger partial charge in [0.2, 0.25) is 5.91 Å². The van der Waals surface area contributed by atoms with Crippen LogP contribution >= 0.6 is 15.9 Å². The molecule has 0 bridgehead atoms. The van der Waals surface area contributed by atoms with Crippen LogP contribution in [0.1, 0.15) is 12.8 Å². The van der Waals surface area contributed by atoms with Crippen molar-refractivity contribution in [2.45, 2.75) is 12.8 Å². The van der Waals surface area contributed by atoms with Gasteiger partial charge in [0, 0.05) is 32.7 Å². The molecule has 0 radical (unpaired) electrons. The molecule has 1 rings (SSSR count). The Morgan fingerprint density at radius 2 is 2.18 bits per heavy atom. The molecule has 0 unspecified atom stereocenters. The lowest BCUT2D eigenvalue weighted by Crippen LogP contribution is -2.22. The molecule has 0 heterocycles. The first-order valence-electron chi connectivity index (χ1n) is 5.40. The van der Waals surface area contributed by atoms with E-state index < -0.39 is 0 Å². The monoisotopic (exact) mass is 302 g/mol. The van der Waals surface area contributed by atoms with Gasteiger partial charge in [0.05, 0.1) is 4.47 Å². The van der Waals surface area contributed by atoms with Gasteiger partial charge in [-0.15, -0.1) is 0 Å². The summed E-state index contributed by atoms with van der Waals surface area (Å²) in [5.74, 6) is -0.187. The van der Waals surface area contributed by atoms with Gasteiger partial charge in [-0.25, -0.2) is 4.39 Å². The van der Waals surface area contributed by atoms with Crippen molar-refractivity contribution in [3.63, 3.8) is 0 Å². The minimum atomic E-state index is -0.292. The minimum absolute atomic E-state index is 0.105. The number of rotatable bonds is 5. The van der Waals surface area contributed by atoms with Gasteiger partial charge in [-0.05, 0) is 40.5 Å². The van der Waals surface area contributed by atoms with E-state index in [2.05, 4.69) is 21.2 Å². The molecule has 0 aliphatic carbocycles. The van der Waals surface area contributed by atoms with E-state index in [1.807, 2.05) is 0 Å². The molecule has 94 valence electrons. The predicted molar refractivity (Wildman–Crippen MR) is 70.5 cm³/mol. The van der Waals surface area contributed by atoms with Gasteiger partial charge in [0.25, 0.3) is 0 Å². The molecular weight excluding hydrogens is 287 g/mol. The Bertz CT molecular complexity index is 396. The highest BCUT2D eigenvalue weighted by Crippen LogP contribution is 2.19. The summed E-state index contributed by atoms with van der Waals surface area (Å²) in [5.41, 5.74) is 0.725. The van der Waals surface area contributed by atoms with Gasteiger partial charge < -0.3 is 10.2 Å². The maximum atomic E-state index is 13.2. The van der Waals surface area contributed by atoms with Crippen molar-refractivity contribution in [2.75, 3.05) is 26.0 Å². The molecular formula is C12H16BrFN2O. The molecule has 1 aromatic rings. The van der Waals surface area contributed by atoms with Crippen LogP contribution in [0.25, 0.3) is 0 Å². The normalized spacial score (nSPS) is 10.1. The molecule has 0 fully saturated rings. The summed E-state index contributed by atoms with van der Waals surface area (Å²) < 4.78 is 13.6. The number of amides is 1. The number of nitrogens with zero attached hydrogens (tertiary/aromatic N) is 1. The molecule has 0 atom stereocenters. The summed E-state index contributed by atoms with van der Waals surface area (Å²) in [4.78, 5) is 12.9. The summed E-state index contributed by atoms with van der Waals surface area (Å²) in [7, 11) is 3.47. The van der Waals surface area contributed by atoms with Crippen LogP contribution in [0.3, 0.4) is 0 Å². The molecule has 0 aromatic heterocycles. The number of anilines is 1. The van der Waals surface area contributed by atoms with Gasteiger partial charge in [-0.3, -0.25) is 4.79 Å². The zero-order valence-electron chi connectivity index (χ0n) is 9.96. The van der Waals surface area contributed by atoms with E-state index in [4.69, 9.17) is 0 Å². The van der Waals surface area contributed by atoms with Gasteiger partial charge >= 0.3 is 0 Å². The Balaban J connectivity index is 2.31. The van der Waals surface area contributed by atoms with Crippen LogP contribution in [0.2, 0.25) is 0 Å². The number of nitrogens with one attached hydrogen (secondary N) is 1. The summed E-state index contributed by atoms with van der Waals surface area (Å²) in [5, 5.41) is 3.08. The molecule has 0 saturated carbocycles. The third-order valence-electron chi connectivity index (χ3n) is 2.31. The van der Waals surface area contributed by atoms with Crippen LogP contribution in [0.5, 0.6) is 0 Å². The molecule has 5 heteroatoms. The van der Waals surface area contributed by atoms with Crippen molar-refractivity contribution in [1.29, 1.82) is 0 Å². The Labute approximate surface area is 109 Å². The highest BCUT2D eigenvalue weighted by molar-refractivity contribution is 9.10. The quantitative estimate of drug-likeness (QED) is 0.848. The van der Waals surface area contributed by atoms with E-state index in [1.54, 1.807) is 31.1 Å². The maximum Gasteiger partial charge on any atom is 0.222 e. The average molecular weight is 303 g/mol. The van der Waals surface area contributed by atoms with Crippen molar-refractivity contribution in [3.8, 4) is 0 Å². The first-order valence-corrected chi connectivity index (χ1v) is 6.19. The number of carbonyl (C=O) groups is 1. The number of halogens is 2. The lowest BCUT2D eigenvalue weighted by Gasteiger charge is -2.10. The standard InChI is InChI=1S/C12H16BrFN2O/c1-16(2)12(17)4-3-7-15-9-5-6-10(13)11(14)8-9/h5-6,8,15H,3-4,7H2,1-2H3. The smallest absolute Gasteiger partial charge is 0.222 e. The molecule has 0 saturated heterocycles. The Kier molecular flexibility index (Phi) is 5.41. The lowest BCUT2D eigenvalue weighted by molar-refractivity contribution is -0.128. The SMILES string of the molecule is CN(C)C(=O)CCCNc1ccc(Br)c(F)c1. The second-order valence-corrected chi connectivity index (χ2v) is 4.80. The van der Waals surface area contributed by atoms with E-state index in [0.29, 0.717) is 17.4 Å². The summed E-state index contributed by atoms with van der Waals surface area (Å²) in [6, 6.07) is 4.88. The second-order valence-electron chi connectivity index (χ2n) is 3.95. The molecule has 0 spiro atoms. The van der Waals surface area contributed by atoms with Crippen LogP contribution < -0.4 is 5.32 Å². The minimum Gasteiger partial charge on any atom is -0.385 e. The Hall–Kier alpha value is -1.10. The third-order valence-corrected chi connectivity index (χ3v) is 2.96. The van der Waals surface area contributed by atoms with Crippen molar-refractivity contribution < 1.29 is 9.18 Å². The van der Waals surface area contributed by atoms with Crippen LogP contribution in [0.4, 0.5) is 10.1 Å². The molecule has 0 aliphatic rings. The zero-order chi connectivity index (χ0) is 12.8. The van der Waals surface area contributed by atoms with E-state index in [9.17, 15) is 9.18 Å². The third kappa shape index (κ3) is 4.73. The zero-order valence-corrected chi connectivity index (χ0v) is 11.6. The molecule has 1 amide bonds. The average Bonchev–Trinajstić information content (AvgIpc) is 2.28. The number of benzene rings is 1. The number of hydrogen-bond donors (Lipinski definition) is 1. The van der Waals surface area contributed by atoms with Gasteiger partial charge in [0.15, 0.2) is 0 Å². The highest BCUT2D eigenvalue weighted by Gasteiger charge is 2.03. The van der Waals surface area contributed by atoms with Crippen molar-refractivity contribution in [3.05, 3.63) is 28.5 Å². The summed E-state index contributed by atoms with van der Waals surface area (Å²) >= 11 is 3.09. The second kappa shape index (κ2) is 6.59. The first kappa shape index (κ1) is 14.0. The number of hydrogen-bond acceptors (Lipinski definition) is 2. The Morgan fingerprint density at radius 1 is 1.47 bits per heavy atom. The highest BCUT2D eigenvalue weighted by atomic mass is 79.9. The van der Waals surface area contributed by atoms with Gasteiger partial charge in [0.1, 0.15) is 5.82 Å². The van der Waals surface area contributed by atoms with E-state index in [0.717, 1.165) is 12.1 Å². The molecule has 0 aliphatic heterocycles. The van der Waals surface area contributed by atoms with Crippen molar-refractivity contribution in [1.82, 2.24) is 4.90 Å². The van der Waals surface area contributed by atoms with Gasteiger partial charge in [-0.1, -0.05) is 0 Å². The largest absolute Gasteiger partial charge is 0.385 e. The predicted octanol–water partition coefficient (Wildman–Crippen LogP) is 2.87. The summed E-state index contributed by atoms with van der Waals surface area (Å²) in [6.07, 6.45) is 1.23. The first-order chi connectivity index (χ1) is 8.00. The Morgan fingerprint density at radius 3 is 2.76 bits per heavy atom. The van der Waals surface area contributed by atoms with E-state index in [-0.39, 0.29) is 11.7 Å². The molecule has 1 N–H and O–H groups in total. The molecule has 1 aromatic carbocycles. The topological polar surface area (TPSA) is 32.3 Å². The van der Waals surface area contributed by atoms with E-state index >= 15 is 0 Å². The maximum absolute atomic E-state index is 13.2. The fourth-order valence-electron chi connectivity index (χ4n) is 1.30. The van der Waals surface area contributed by atoms with Crippen molar-refractivity contribution >= 4 is 27.5 Å².